The summed E-state index contributed by atoms with van der Waals surface area (Å²) in [7, 11) is 0. The van der Waals surface area contributed by atoms with Crippen molar-refractivity contribution in [1.29, 1.82) is 0 Å². The van der Waals surface area contributed by atoms with Gasteiger partial charge in [0.15, 0.2) is 0 Å². The van der Waals surface area contributed by atoms with Crippen LogP contribution >= 0.6 is 0 Å². The number of rotatable bonds is 3. The Morgan fingerprint density at radius 1 is 1.36 bits per heavy atom. The number of halogens is 1. The molecule has 0 bridgehead atoms. The average Bonchev–Trinajstić information content (AvgIpc) is 2.15. The summed E-state index contributed by atoms with van der Waals surface area (Å²) in [5.41, 5.74) is 6.42. The molecule has 0 spiro atoms. The van der Waals surface area contributed by atoms with Gasteiger partial charge in [0.25, 0.3) is 0 Å². The molecule has 2 atom stereocenters. The van der Waals surface area contributed by atoms with E-state index >= 15 is 0 Å². The lowest BCUT2D eigenvalue weighted by Crippen LogP contribution is -2.30. The van der Waals surface area contributed by atoms with Crippen LogP contribution in [-0.2, 0) is 0 Å². The highest BCUT2D eigenvalue weighted by Crippen LogP contribution is 2.19. The molecule has 0 aliphatic heterocycles. The Kier molecular flexibility index (Phi) is 3.61. The second-order valence-corrected chi connectivity index (χ2v) is 3.82. The number of hydrogen-bond acceptors (Lipinski definition) is 2. The fraction of sp³-hybridized carbons (Fsp3) is 0.455. The lowest BCUT2D eigenvalue weighted by molar-refractivity contribution is 0.0978. The van der Waals surface area contributed by atoms with Crippen LogP contribution in [0.2, 0.25) is 0 Å². The van der Waals surface area contributed by atoms with Gasteiger partial charge in [-0.05, 0) is 23.6 Å². The quantitative estimate of drug-likeness (QED) is 0.776. The molecule has 14 heavy (non-hydrogen) atoms. The minimum Gasteiger partial charge on any atom is -0.391 e. The molecule has 0 aliphatic rings. The van der Waals surface area contributed by atoms with Crippen molar-refractivity contribution in [3.05, 3.63) is 35.6 Å². The Bertz CT molecular complexity index is 301. The van der Waals surface area contributed by atoms with Crippen LogP contribution in [0.5, 0.6) is 0 Å². The topological polar surface area (TPSA) is 46.2 Å². The normalized spacial score (nSPS) is 15.6. The van der Waals surface area contributed by atoms with E-state index in [0.717, 1.165) is 0 Å². The molecule has 0 radical (unpaired) electrons. The number of aliphatic hydroxyl groups is 1. The second kappa shape index (κ2) is 4.53. The first-order chi connectivity index (χ1) is 6.52. The van der Waals surface area contributed by atoms with Gasteiger partial charge in [-0.25, -0.2) is 4.39 Å². The van der Waals surface area contributed by atoms with Crippen LogP contribution in [0.4, 0.5) is 4.39 Å². The molecular weight excluding hydrogens is 181 g/mol. The van der Waals surface area contributed by atoms with Gasteiger partial charge in [-0.3, -0.25) is 0 Å². The van der Waals surface area contributed by atoms with Crippen LogP contribution in [-0.4, -0.2) is 11.2 Å². The predicted octanol–water partition coefficient (Wildman–Crippen LogP) is 1.84. The first-order valence-corrected chi connectivity index (χ1v) is 4.71. The average molecular weight is 197 g/mol. The number of hydrogen-bond donors (Lipinski definition) is 2. The first-order valence-electron chi connectivity index (χ1n) is 4.71. The summed E-state index contributed by atoms with van der Waals surface area (Å²) in [6, 6.07) is 5.51. The molecule has 0 aromatic heterocycles. The van der Waals surface area contributed by atoms with Gasteiger partial charge in [-0.2, -0.15) is 0 Å². The van der Waals surface area contributed by atoms with E-state index in [1.807, 2.05) is 13.8 Å². The van der Waals surface area contributed by atoms with Crippen molar-refractivity contribution in [2.24, 2.45) is 11.7 Å². The van der Waals surface area contributed by atoms with Gasteiger partial charge in [-0.1, -0.05) is 26.0 Å². The molecule has 2 nitrogen and oxygen atoms in total. The van der Waals surface area contributed by atoms with Crippen molar-refractivity contribution in [1.82, 2.24) is 0 Å². The minimum atomic E-state index is -0.642. The molecule has 1 aromatic rings. The molecule has 3 heteroatoms. The summed E-state index contributed by atoms with van der Waals surface area (Å²) in [6.07, 6.45) is -0.642. The Hall–Kier alpha value is -0.930. The Balaban J connectivity index is 2.83. The molecule has 0 saturated carbocycles. The maximum absolute atomic E-state index is 12.9. The van der Waals surface area contributed by atoms with Crippen molar-refractivity contribution >= 4 is 0 Å². The number of aliphatic hydroxyl groups excluding tert-OH is 1. The third kappa shape index (κ3) is 2.53. The summed E-state index contributed by atoms with van der Waals surface area (Å²) in [5, 5.41) is 9.69. The molecule has 1 aromatic carbocycles. The highest BCUT2D eigenvalue weighted by Gasteiger charge is 2.19. The molecule has 0 saturated heterocycles. The Morgan fingerprint density at radius 3 is 2.50 bits per heavy atom. The zero-order valence-corrected chi connectivity index (χ0v) is 8.44. The van der Waals surface area contributed by atoms with Crippen LogP contribution in [0.25, 0.3) is 0 Å². The fourth-order valence-corrected chi connectivity index (χ4v) is 1.33. The SMILES string of the molecule is CC(C)[C@@H](O)[C@@H](N)c1cccc(F)c1. The number of nitrogens with two attached hydrogens (primary N) is 1. The van der Waals surface area contributed by atoms with Gasteiger partial charge in [0, 0.05) is 0 Å². The summed E-state index contributed by atoms with van der Waals surface area (Å²) in [5.74, 6) is -0.262. The van der Waals surface area contributed by atoms with Gasteiger partial charge in [-0.15, -0.1) is 0 Å². The minimum absolute atomic E-state index is 0.0632. The highest BCUT2D eigenvalue weighted by molar-refractivity contribution is 5.20. The zero-order valence-electron chi connectivity index (χ0n) is 8.44. The van der Waals surface area contributed by atoms with E-state index in [1.54, 1.807) is 12.1 Å². The van der Waals surface area contributed by atoms with Crippen LogP contribution in [0.1, 0.15) is 25.5 Å². The molecule has 1 rings (SSSR count). The van der Waals surface area contributed by atoms with Crippen molar-refractivity contribution in [2.45, 2.75) is 26.0 Å². The van der Waals surface area contributed by atoms with Crippen molar-refractivity contribution in [2.75, 3.05) is 0 Å². The lowest BCUT2D eigenvalue weighted by Gasteiger charge is -2.22. The molecular formula is C11H16FNO. The van der Waals surface area contributed by atoms with Gasteiger partial charge < -0.3 is 10.8 Å². The molecule has 0 aliphatic carbocycles. The second-order valence-electron chi connectivity index (χ2n) is 3.82. The van der Waals surface area contributed by atoms with Gasteiger partial charge in [0.1, 0.15) is 5.82 Å². The van der Waals surface area contributed by atoms with Crippen LogP contribution in [0.15, 0.2) is 24.3 Å². The Morgan fingerprint density at radius 2 is 2.00 bits per heavy atom. The van der Waals surface area contributed by atoms with Crippen molar-refractivity contribution in [3.63, 3.8) is 0 Å². The maximum atomic E-state index is 12.9. The van der Waals surface area contributed by atoms with Crippen LogP contribution in [0.3, 0.4) is 0 Å². The third-order valence-electron chi connectivity index (χ3n) is 2.28. The van der Waals surface area contributed by atoms with E-state index in [9.17, 15) is 9.50 Å². The molecule has 0 unspecified atom stereocenters. The van der Waals surface area contributed by atoms with Gasteiger partial charge >= 0.3 is 0 Å². The van der Waals surface area contributed by atoms with Crippen LogP contribution < -0.4 is 5.73 Å². The van der Waals surface area contributed by atoms with E-state index < -0.39 is 12.1 Å². The monoisotopic (exact) mass is 197 g/mol. The predicted molar refractivity (Wildman–Crippen MR) is 54.2 cm³/mol. The summed E-state index contributed by atoms with van der Waals surface area (Å²) in [4.78, 5) is 0. The first kappa shape index (κ1) is 11.1. The third-order valence-corrected chi connectivity index (χ3v) is 2.28. The standard InChI is InChI=1S/C11H16FNO/c1-7(2)11(14)10(13)8-4-3-5-9(12)6-8/h3-7,10-11,14H,13H2,1-2H3/t10-,11+/m0/s1. The van der Waals surface area contributed by atoms with E-state index in [0.29, 0.717) is 5.56 Å². The smallest absolute Gasteiger partial charge is 0.123 e. The molecule has 0 amide bonds. The van der Waals surface area contributed by atoms with E-state index in [4.69, 9.17) is 5.73 Å². The Labute approximate surface area is 83.6 Å². The molecule has 3 N–H and O–H groups in total. The fourth-order valence-electron chi connectivity index (χ4n) is 1.33. The zero-order chi connectivity index (χ0) is 10.7. The van der Waals surface area contributed by atoms with E-state index in [-0.39, 0.29) is 11.7 Å². The lowest BCUT2D eigenvalue weighted by atomic mass is 9.94. The summed E-state index contributed by atoms with van der Waals surface area (Å²) in [6.45, 7) is 3.76. The van der Waals surface area contributed by atoms with Gasteiger partial charge in [0.2, 0.25) is 0 Å². The van der Waals surface area contributed by atoms with Gasteiger partial charge in [0.05, 0.1) is 12.1 Å². The number of benzene rings is 1. The highest BCUT2D eigenvalue weighted by atomic mass is 19.1. The van der Waals surface area contributed by atoms with Crippen molar-refractivity contribution in [3.8, 4) is 0 Å². The maximum Gasteiger partial charge on any atom is 0.123 e. The van der Waals surface area contributed by atoms with E-state index in [2.05, 4.69) is 0 Å². The van der Waals surface area contributed by atoms with Crippen LogP contribution in [0, 0.1) is 11.7 Å². The molecule has 0 heterocycles. The molecule has 78 valence electrons. The van der Waals surface area contributed by atoms with E-state index in [1.165, 1.54) is 12.1 Å². The largest absolute Gasteiger partial charge is 0.391 e. The van der Waals surface area contributed by atoms with Crippen molar-refractivity contribution < 1.29 is 9.50 Å². The summed E-state index contributed by atoms with van der Waals surface area (Å²) >= 11 is 0. The molecule has 0 fully saturated rings. The summed E-state index contributed by atoms with van der Waals surface area (Å²) < 4.78 is 12.9.